The van der Waals surface area contributed by atoms with Crippen LogP contribution in [0.3, 0.4) is 0 Å². The van der Waals surface area contributed by atoms with Crippen LogP contribution >= 0.6 is 0 Å². The highest BCUT2D eigenvalue weighted by Gasteiger charge is 2.40. The normalized spacial score (nSPS) is 13.7. The summed E-state index contributed by atoms with van der Waals surface area (Å²) in [5.41, 5.74) is 3.61. The van der Waals surface area contributed by atoms with Crippen LogP contribution in [0.1, 0.15) is 24.5 Å². The number of nitrogens with one attached hydrogen (secondary N) is 1. The van der Waals surface area contributed by atoms with Gasteiger partial charge < -0.3 is 10.1 Å². The Labute approximate surface area is 182 Å². The molecule has 0 spiro atoms. The molecule has 5 nitrogen and oxygen atoms in total. The molecule has 0 atom stereocenters. The molecule has 1 N–H and O–H groups in total. The summed E-state index contributed by atoms with van der Waals surface area (Å²) in [5.74, 6) is -0.127. The standard InChI is InChI=1S/C26H24N2O3/c1-3-15-31-22-14-8-13-21(17-22)28-25(29)23(19-10-5-4-6-11-19)24(26(28)30)27-20-12-7-9-18(2)16-20/h4-14,16-17,27H,3,15H2,1-2H3. The molecule has 2 amide bonds. The first-order valence-corrected chi connectivity index (χ1v) is 10.3. The molecule has 3 aromatic carbocycles. The number of nitrogens with zero attached hydrogens (tertiary/aromatic N) is 1. The monoisotopic (exact) mass is 412 g/mol. The summed E-state index contributed by atoms with van der Waals surface area (Å²) in [4.78, 5) is 28.1. The number of amides is 2. The highest BCUT2D eigenvalue weighted by Crippen LogP contribution is 2.34. The summed E-state index contributed by atoms with van der Waals surface area (Å²) in [6, 6.07) is 24.0. The van der Waals surface area contributed by atoms with Crippen molar-refractivity contribution in [2.45, 2.75) is 20.3 Å². The number of aryl methyl sites for hydroxylation is 1. The second kappa shape index (κ2) is 8.88. The molecule has 0 unspecified atom stereocenters. The van der Waals surface area contributed by atoms with E-state index in [-0.39, 0.29) is 11.6 Å². The van der Waals surface area contributed by atoms with E-state index in [0.29, 0.717) is 29.2 Å². The summed E-state index contributed by atoms with van der Waals surface area (Å²) >= 11 is 0. The molecule has 1 heterocycles. The van der Waals surface area contributed by atoms with Crippen molar-refractivity contribution in [1.29, 1.82) is 0 Å². The van der Waals surface area contributed by atoms with Gasteiger partial charge in [-0.15, -0.1) is 0 Å². The fraction of sp³-hybridized carbons (Fsp3) is 0.154. The first kappa shape index (κ1) is 20.4. The van der Waals surface area contributed by atoms with Gasteiger partial charge in [0.15, 0.2) is 0 Å². The molecule has 0 aromatic heterocycles. The number of hydrogen-bond donors (Lipinski definition) is 1. The Morgan fingerprint density at radius 1 is 0.871 bits per heavy atom. The van der Waals surface area contributed by atoms with Crippen molar-refractivity contribution in [2.24, 2.45) is 0 Å². The van der Waals surface area contributed by atoms with E-state index < -0.39 is 5.91 Å². The average molecular weight is 412 g/mol. The maximum Gasteiger partial charge on any atom is 0.282 e. The molecule has 5 heteroatoms. The minimum Gasteiger partial charge on any atom is -0.494 e. The Morgan fingerprint density at radius 3 is 2.39 bits per heavy atom. The van der Waals surface area contributed by atoms with Crippen LogP contribution < -0.4 is 15.0 Å². The summed E-state index contributed by atoms with van der Waals surface area (Å²) in [7, 11) is 0. The predicted octanol–water partition coefficient (Wildman–Crippen LogP) is 5.18. The van der Waals surface area contributed by atoms with Crippen LogP contribution in [0.5, 0.6) is 5.75 Å². The molecule has 31 heavy (non-hydrogen) atoms. The lowest BCUT2D eigenvalue weighted by Crippen LogP contribution is -2.32. The van der Waals surface area contributed by atoms with Gasteiger partial charge in [0.25, 0.3) is 11.8 Å². The van der Waals surface area contributed by atoms with Crippen LogP contribution in [0, 0.1) is 6.92 Å². The van der Waals surface area contributed by atoms with E-state index in [2.05, 4.69) is 5.32 Å². The smallest absolute Gasteiger partial charge is 0.282 e. The zero-order valence-electron chi connectivity index (χ0n) is 17.6. The summed E-state index contributed by atoms with van der Waals surface area (Å²) in [6.45, 7) is 4.57. The van der Waals surface area contributed by atoms with Gasteiger partial charge in [0.1, 0.15) is 11.4 Å². The lowest BCUT2D eigenvalue weighted by molar-refractivity contribution is -0.120. The molecule has 1 aliphatic rings. The Kier molecular flexibility index (Phi) is 5.85. The highest BCUT2D eigenvalue weighted by molar-refractivity contribution is 6.46. The summed E-state index contributed by atoms with van der Waals surface area (Å²) in [6.07, 6.45) is 0.871. The van der Waals surface area contributed by atoms with E-state index in [0.717, 1.165) is 17.7 Å². The van der Waals surface area contributed by atoms with E-state index in [1.165, 1.54) is 4.90 Å². The topological polar surface area (TPSA) is 58.6 Å². The molecular weight excluding hydrogens is 388 g/mol. The van der Waals surface area contributed by atoms with Gasteiger partial charge in [-0.05, 0) is 48.7 Å². The van der Waals surface area contributed by atoms with Crippen LogP contribution in [0.15, 0.2) is 84.6 Å². The van der Waals surface area contributed by atoms with Gasteiger partial charge in [-0.3, -0.25) is 9.59 Å². The van der Waals surface area contributed by atoms with Crippen LogP contribution in [0.4, 0.5) is 11.4 Å². The number of hydrogen-bond acceptors (Lipinski definition) is 4. The van der Waals surface area contributed by atoms with Gasteiger partial charge >= 0.3 is 0 Å². The van der Waals surface area contributed by atoms with Gasteiger partial charge in [0, 0.05) is 11.8 Å². The number of rotatable bonds is 7. The largest absolute Gasteiger partial charge is 0.494 e. The number of carbonyl (C=O) groups is 2. The lowest BCUT2D eigenvalue weighted by Gasteiger charge is -2.16. The minimum absolute atomic E-state index is 0.265. The van der Waals surface area contributed by atoms with E-state index >= 15 is 0 Å². The van der Waals surface area contributed by atoms with Gasteiger partial charge in [-0.2, -0.15) is 0 Å². The highest BCUT2D eigenvalue weighted by atomic mass is 16.5. The van der Waals surface area contributed by atoms with Crippen LogP contribution in [-0.4, -0.2) is 18.4 Å². The maximum atomic E-state index is 13.5. The van der Waals surface area contributed by atoms with Crippen molar-refractivity contribution in [1.82, 2.24) is 0 Å². The SMILES string of the molecule is CCCOc1cccc(N2C(=O)C(Nc3cccc(C)c3)=C(c3ccccc3)C2=O)c1. The van der Waals surface area contributed by atoms with Gasteiger partial charge in [-0.1, -0.05) is 55.5 Å². The van der Waals surface area contributed by atoms with Crippen molar-refractivity contribution in [2.75, 3.05) is 16.8 Å². The van der Waals surface area contributed by atoms with Crippen LogP contribution in [0.25, 0.3) is 5.57 Å². The van der Waals surface area contributed by atoms with E-state index in [4.69, 9.17) is 4.74 Å². The van der Waals surface area contributed by atoms with Crippen molar-refractivity contribution in [3.8, 4) is 5.75 Å². The molecule has 0 aliphatic carbocycles. The number of imide groups is 1. The molecular formula is C26H24N2O3. The first-order valence-electron chi connectivity index (χ1n) is 10.3. The third-order valence-electron chi connectivity index (χ3n) is 4.98. The van der Waals surface area contributed by atoms with Crippen LogP contribution in [0.2, 0.25) is 0 Å². The molecule has 4 rings (SSSR count). The maximum absolute atomic E-state index is 13.5. The number of carbonyl (C=O) groups excluding carboxylic acids is 2. The molecule has 0 bridgehead atoms. The Balaban J connectivity index is 1.76. The van der Waals surface area contributed by atoms with Crippen molar-refractivity contribution >= 4 is 28.8 Å². The van der Waals surface area contributed by atoms with Gasteiger partial charge in [-0.25, -0.2) is 4.90 Å². The molecule has 1 aliphatic heterocycles. The molecule has 3 aromatic rings. The molecule has 0 radical (unpaired) electrons. The van der Waals surface area contributed by atoms with Crippen molar-refractivity contribution in [3.05, 3.63) is 95.7 Å². The molecule has 156 valence electrons. The molecule has 0 saturated heterocycles. The zero-order chi connectivity index (χ0) is 21.8. The second-order valence-electron chi connectivity index (χ2n) is 7.40. The lowest BCUT2D eigenvalue weighted by atomic mass is 10.0. The molecule has 0 saturated carbocycles. The van der Waals surface area contributed by atoms with Gasteiger partial charge in [0.05, 0.1) is 17.9 Å². The Morgan fingerprint density at radius 2 is 1.65 bits per heavy atom. The van der Waals surface area contributed by atoms with E-state index in [1.54, 1.807) is 18.2 Å². The first-order chi connectivity index (χ1) is 15.1. The summed E-state index contributed by atoms with van der Waals surface area (Å²) in [5, 5.41) is 3.20. The molecule has 0 fully saturated rings. The number of benzene rings is 3. The minimum atomic E-state index is -0.391. The van der Waals surface area contributed by atoms with Crippen molar-refractivity contribution in [3.63, 3.8) is 0 Å². The third-order valence-corrected chi connectivity index (χ3v) is 4.98. The Hall–Kier alpha value is -3.86. The predicted molar refractivity (Wildman–Crippen MR) is 123 cm³/mol. The van der Waals surface area contributed by atoms with E-state index in [9.17, 15) is 9.59 Å². The quantitative estimate of drug-likeness (QED) is 0.543. The van der Waals surface area contributed by atoms with Gasteiger partial charge in [0.2, 0.25) is 0 Å². The third kappa shape index (κ3) is 4.21. The fourth-order valence-electron chi connectivity index (χ4n) is 3.55. The Bertz CT molecular complexity index is 1150. The average Bonchev–Trinajstić information content (AvgIpc) is 3.02. The fourth-order valence-corrected chi connectivity index (χ4v) is 3.55. The number of anilines is 2. The second-order valence-corrected chi connectivity index (χ2v) is 7.40. The van der Waals surface area contributed by atoms with E-state index in [1.807, 2.05) is 74.5 Å². The zero-order valence-corrected chi connectivity index (χ0v) is 17.6. The summed E-state index contributed by atoms with van der Waals surface area (Å²) < 4.78 is 5.69. The van der Waals surface area contributed by atoms with Crippen LogP contribution in [-0.2, 0) is 9.59 Å². The number of ether oxygens (including phenoxy) is 1. The van der Waals surface area contributed by atoms with Crippen molar-refractivity contribution < 1.29 is 14.3 Å².